The predicted octanol–water partition coefficient (Wildman–Crippen LogP) is 1.42. The second kappa shape index (κ2) is 7.95. The van der Waals surface area contributed by atoms with Crippen LogP contribution in [0.25, 0.3) is 0 Å². The van der Waals surface area contributed by atoms with Gasteiger partial charge in [-0.2, -0.15) is 10.2 Å². The minimum atomic E-state index is -0.500. The molecule has 0 bridgehead atoms. The summed E-state index contributed by atoms with van der Waals surface area (Å²) in [7, 11) is 2.87. The van der Waals surface area contributed by atoms with Crippen LogP contribution in [0.2, 0.25) is 0 Å². The van der Waals surface area contributed by atoms with Crippen LogP contribution in [-0.2, 0) is 4.79 Å². The van der Waals surface area contributed by atoms with Crippen molar-refractivity contribution in [2.75, 3.05) is 14.2 Å². The van der Waals surface area contributed by atoms with Crippen molar-refractivity contribution in [3.63, 3.8) is 0 Å². The maximum Gasteiger partial charge on any atom is 0.308 e. The Labute approximate surface area is 144 Å². The highest BCUT2D eigenvalue weighted by atomic mass is 16.6. The number of aromatic nitrogens is 2. The van der Waals surface area contributed by atoms with E-state index in [0.717, 1.165) is 5.69 Å². The number of rotatable bonds is 6. The zero-order valence-electron chi connectivity index (χ0n) is 14.2. The van der Waals surface area contributed by atoms with Crippen molar-refractivity contribution in [2.24, 2.45) is 5.10 Å². The Hall–Kier alpha value is -3.36. The summed E-state index contributed by atoms with van der Waals surface area (Å²) in [5, 5.41) is 10.4. The van der Waals surface area contributed by atoms with Crippen molar-refractivity contribution in [2.45, 2.75) is 13.8 Å². The molecule has 9 heteroatoms. The number of aromatic amines is 1. The van der Waals surface area contributed by atoms with Crippen LogP contribution in [0.1, 0.15) is 28.7 Å². The minimum Gasteiger partial charge on any atom is -0.493 e. The molecule has 1 aromatic carbocycles. The molecule has 0 atom stereocenters. The molecule has 132 valence electrons. The van der Waals surface area contributed by atoms with E-state index in [-0.39, 0.29) is 11.4 Å². The summed E-state index contributed by atoms with van der Waals surface area (Å²) in [5.74, 6) is -0.183. The van der Waals surface area contributed by atoms with Gasteiger partial charge >= 0.3 is 5.97 Å². The fourth-order valence-electron chi connectivity index (χ4n) is 1.98. The first-order valence-corrected chi connectivity index (χ1v) is 7.24. The summed E-state index contributed by atoms with van der Waals surface area (Å²) in [6.45, 7) is 3.07. The first-order chi connectivity index (χ1) is 11.9. The smallest absolute Gasteiger partial charge is 0.308 e. The number of nitrogens with zero attached hydrogens (tertiary/aromatic N) is 2. The molecule has 9 nitrogen and oxygen atoms in total. The number of aryl methyl sites for hydroxylation is 1. The van der Waals surface area contributed by atoms with Gasteiger partial charge in [-0.1, -0.05) is 0 Å². The minimum absolute atomic E-state index is 0.172. The van der Waals surface area contributed by atoms with Crippen LogP contribution in [-0.4, -0.2) is 42.5 Å². The highest BCUT2D eigenvalue weighted by molar-refractivity contribution is 5.93. The number of hydrazone groups is 1. The van der Waals surface area contributed by atoms with Gasteiger partial charge < -0.3 is 14.2 Å². The van der Waals surface area contributed by atoms with Crippen LogP contribution in [0.5, 0.6) is 17.2 Å². The normalized spacial score (nSPS) is 10.6. The third kappa shape index (κ3) is 4.56. The number of ether oxygens (including phenoxy) is 3. The third-order valence-electron chi connectivity index (χ3n) is 3.05. The van der Waals surface area contributed by atoms with E-state index in [1.807, 2.05) is 0 Å². The van der Waals surface area contributed by atoms with E-state index in [4.69, 9.17) is 14.2 Å². The second-order valence-electron chi connectivity index (χ2n) is 4.98. The first kappa shape index (κ1) is 18.0. The van der Waals surface area contributed by atoms with Crippen LogP contribution < -0.4 is 19.6 Å². The maximum atomic E-state index is 11.9. The molecule has 0 fully saturated rings. The summed E-state index contributed by atoms with van der Waals surface area (Å²) in [6, 6.07) is 4.79. The van der Waals surface area contributed by atoms with Crippen molar-refractivity contribution in [1.29, 1.82) is 0 Å². The van der Waals surface area contributed by atoms with Gasteiger partial charge in [0.15, 0.2) is 17.2 Å². The average molecular weight is 346 g/mol. The molecule has 25 heavy (non-hydrogen) atoms. The monoisotopic (exact) mass is 346 g/mol. The lowest BCUT2D eigenvalue weighted by molar-refractivity contribution is -0.132. The number of hydrogen-bond acceptors (Lipinski definition) is 7. The lowest BCUT2D eigenvalue weighted by Crippen LogP contribution is -2.18. The Morgan fingerprint density at radius 2 is 1.84 bits per heavy atom. The number of amides is 1. The van der Waals surface area contributed by atoms with Gasteiger partial charge in [0.2, 0.25) is 5.75 Å². The number of nitrogens with one attached hydrogen (secondary N) is 2. The highest BCUT2D eigenvalue weighted by Gasteiger charge is 2.15. The van der Waals surface area contributed by atoms with Gasteiger partial charge in [0.1, 0.15) is 0 Å². The number of hydrogen-bond donors (Lipinski definition) is 2. The first-order valence-electron chi connectivity index (χ1n) is 7.24. The molecule has 0 aliphatic rings. The number of benzene rings is 1. The van der Waals surface area contributed by atoms with E-state index in [1.54, 1.807) is 25.1 Å². The van der Waals surface area contributed by atoms with Gasteiger partial charge in [-0.15, -0.1) is 0 Å². The van der Waals surface area contributed by atoms with Crippen LogP contribution in [0.3, 0.4) is 0 Å². The zero-order valence-corrected chi connectivity index (χ0v) is 14.2. The quantitative estimate of drug-likeness (QED) is 0.354. The van der Waals surface area contributed by atoms with Crippen molar-refractivity contribution in [3.05, 3.63) is 35.2 Å². The van der Waals surface area contributed by atoms with Crippen LogP contribution >= 0.6 is 0 Å². The fraction of sp³-hybridized carbons (Fsp3) is 0.250. The molecule has 0 aliphatic heterocycles. The molecular formula is C16H18N4O5. The van der Waals surface area contributed by atoms with E-state index in [1.165, 1.54) is 27.4 Å². The van der Waals surface area contributed by atoms with Crippen molar-refractivity contribution in [1.82, 2.24) is 15.6 Å². The molecule has 0 unspecified atom stereocenters. The molecule has 2 rings (SSSR count). The van der Waals surface area contributed by atoms with Crippen LogP contribution in [0.15, 0.2) is 23.3 Å². The van der Waals surface area contributed by atoms with Gasteiger partial charge in [-0.3, -0.25) is 14.7 Å². The zero-order chi connectivity index (χ0) is 18.4. The van der Waals surface area contributed by atoms with Crippen molar-refractivity contribution >= 4 is 18.1 Å². The molecule has 1 amide bonds. The van der Waals surface area contributed by atoms with E-state index in [0.29, 0.717) is 17.1 Å². The molecule has 0 spiro atoms. The topological polar surface area (TPSA) is 115 Å². The maximum absolute atomic E-state index is 11.9. The van der Waals surface area contributed by atoms with E-state index >= 15 is 0 Å². The summed E-state index contributed by atoms with van der Waals surface area (Å²) in [5.41, 5.74) is 3.94. The number of methoxy groups -OCH3 is 2. The predicted molar refractivity (Wildman–Crippen MR) is 89.2 cm³/mol. The Morgan fingerprint density at radius 3 is 2.32 bits per heavy atom. The second-order valence-corrected chi connectivity index (χ2v) is 4.98. The summed E-state index contributed by atoms with van der Waals surface area (Å²) >= 11 is 0. The van der Waals surface area contributed by atoms with Gasteiger partial charge in [0.25, 0.3) is 5.91 Å². The molecule has 0 radical (unpaired) electrons. The fourth-order valence-corrected chi connectivity index (χ4v) is 1.98. The van der Waals surface area contributed by atoms with E-state index in [9.17, 15) is 9.59 Å². The average Bonchev–Trinajstić information content (AvgIpc) is 3.01. The van der Waals surface area contributed by atoms with Crippen LogP contribution in [0, 0.1) is 6.92 Å². The van der Waals surface area contributed by atoms with E-state index in [2.05, 4.69) is 20.7 Å². The Balaban J connectivity index is 2.18. The highest BCUT2D eigenvalue weighted by Crippen LogP contribution is 2.38. The van der Waals surface area contributed by atoms with Gasteiger partial charge in [-0.25, -0.2) is 5.43 Å². The molecule has 1 heterocycles. The molecule has 2 N–H and O–H groups in total. The van der Waals surface area contributed by atoms with Crippen molar-refractivity contribution < 1.29 is 23.8 Å². The van der Waals surface area contributed by atoms with Gasteiger partial charge in [-0.05, 0) is 25.1 Å². The summed E-state index contributed by atoms with van der Waals surface area (Å²) in [6.07, 6.45) is 1.40. The van der Waals surface area contributed by atoms with Crippen LogP contribution in [0.4, 0.5) is 0 Å². The Morgan fingerprint density at radius 1 is 1.20 bits per heavy atom. The van der Waals surface area contributed by atoms with E-state index < -0.39 is 11.9 Å². The molecule has 1 aromatic heterocycles. The largest absolute Gasteiger partial charge is 0.493 e. The molecule has 0 saturated heterocycles. The molecular weight excluding hydrogens is 328 g/mol. The number of carbonyl (C=O) groups is 2. The Bertz CT molecular complexity index is 788. The summed E-state index contributed by atoms with van der Waals surface area (Å²) in [4.78, 5) is 23.1. The van der Waals surface area contributed by atoms with Gasteiger partial charge in [0, 0.05) is 18.2 Å². The standard InChI is InChI=1S/C16H18N4O5/c1-9-5-12(19-18-9)16(22)20-17-8-11-6-13(23-3)15(25-10(2)21)14(7-11)24-4/h5-8H,1-4H3,(H,18,19)(H,20,22)/b17-8+. The van der Waals surface area contributed by atoms with Gasteiger partial charge in [0.05, 0.1) is 20.4 Å². The molecule has 2 aromatic rings. The lowest BCUT2D eigenvalue weighted by Gasteiger charge is -2.13. The molecule has 0 saturated carbocycles. The third-order valence-corrected chi connectivity index (χ3v) is 3.05. The summed E-state index contributed by atoms with van der Waals surface area (Å²) < 4.78 is 15.5. The Kier molecular flexibility index (Phi) is 5.72. The number of H-pyrrole nitrogens is 1. The lowest BCUT2D eigenvalue weighted by atomic mass is 10.2. The number of carbonyl (C=O) groups excluding carboxylic acids is 2. The SMILES string of the molecule is COc1cc(/C=N/NC(=O)c2cc(C)[nH]n2)cc(OC)c1OC(C)=O. The number of esters is 1. The van der Waals surface area contributed by atoms with Crippen molar-refractivity contribution in [3.8, 4) is 17.2 Å². The molecule has 0 aliphatic carbocycles.